The zero-order valence-corrected chi connectivity index (χ0v) is 14.6. The van der Waals surface area contributed by atoms with Gasteiger partial charge in [-0.25, -0.2) is 0 Å². The van der Waals surface area contributed by atoms with Gasteiger partial charge in [0.1, 0.15) is 6.26 Å². The van der Waals surface area contributed by atoms with Crippen LogP contribution in [0.15, 0.2) is 41.2 Å². The third-order valence-electron chi connectivity index (χ3n) is 4.24. The molecule has 3 rings (SSSR count). The molecule has 7 heteroatoms. The second-order valence-electron chi connectivity index (χ2n) is 6.13. The fraction of sp³-hybridized carbons (Fsp3) is 0.368. The van der Waals surface area contributed by atoms with Gasteiger partial charge in [0.15, 0.2) is 11.5 Å². The molecule has 1 aliphatic rings. The maximum Gasteiger partial charge on any atom is 0.254 e. The molecule has 138 valence electrons. The minimum absolute atomic E-state index is 0.144. The van der Waals surface area contributed by atoms with Gasteiger partial charge in [-0.05, 0) is 43.9 Å². The number of nitrogens with one attached hydrogen (secondary N) is 2. The van der Waals surface area contributed by atoms with Gasteiger partial charge in [-0.2, -0.15) is 0 Å². The quantitative estimate of drug-likeness (QED) is 0.794. The molecular weight excluding hydrogens is 336 g/mol. The fourth-order valence-electron chi connectivity index (χ4n) is 2.89. The highest BCUT2D eigenvalue weighted by Crippen LogP contribution is 2.33. The molecule has 0 aliphatic heterocycles. The Balaban J connectivity index is 1.57. The van der Waals surface area contributed by atoms with Crippen molar-refractivity contribution in [1.82, 2.24) is 5.32 Å². The van der Waals surface area contributed by atoms with E-state index in [1.807, 2.05) is 0 Å². The van der Waals surface area contributed by atoms with Crippen LogP contribution in [0.25, 0.3) is 0 Å². The summed E-state index contributed by atoms with van der Waals surface area (Å²) >= 11 is 0. The zero-order chi connectivity index (χ0) is 18.4. The van der Waals surface area contributed by atoms with E-state index >= 15 is 0 Å². The average Bonchev–Trinajstić information content (AvgIpc) is 3.34. The second kappa shape index (κ2) is 8.42. The molecule has 2 aromatic rings. The predicted molar refractivity (Wildman–Crippen MR) is 95.5 cm³/mol. The Morgan fingerprint density at radius 1 is 1.19 bits per heavy atom. The van der Waals surface area contributed by atoms with Crippen LogP contribution in [0.5, 0.6) is 11.5 Å². The molecule has 0 saturated heterocycles. The van der Waals surface area contributed by atoms with Crippen LogP contribution >= 0.6 is 0 Å². The fourth-order valence-corrected chi connectivity index (χ4v) is 2.89. The van der Waals surface area contributed by atoms with Crippen molar-refractivity contribution in [2.24, 2.45) is 0 Å². The smallest absolute Gasteiger partial charge is 0.254 e. The third-order valence-corrected chi connectivity index (χ3v) is 4.24. The first-order valence-electron chi connectivity index (χ1n) is 8.60. The summed E-state index contributed by atoms with van der Waals surface area (Å²) < 4.78 is 16.2. The molecule has 0 spiro atoms. The van der Waals surface area contributed by atoms with Crippen LogP contribution in [0.3, 0.4) is 0 Å². The molecule has 1 heterocycles. The molecule has 1 saturated carbocycles. The normalized spacial score (nSPS) is 14.0. The number of methoxy groups -OCH3 is 1. The maximum atomic E-state index is 12.1. The zero-order valence-electron chi connectivity index (χ0n) is 14.6. The van der Waals surface area contributed by atoms with E-state index in [4.69, 9.17) is 13.9 Å². The lowest BCUT2D eigenvalue weighted by Gasteiger charge is -2.17. The average molecular weight is 358 g/mol. The van der Waals surface area contributed by atoms with Crippen LogP contribution in [-0.4, -0.2) is 31.6 Å². The number of furan rings is 1. The molecule has 7 nitrogen and oxygen atoms in total. The number of hydrogen-bond donors (Lipinski definition) is 2. The van der Waals surface area contributed by atoms with Gasteiger partial charge in [0.25, 0.3) is 5.91 Å². The number of rotatable bonds is 7. The van der Waals surface area contributed by atoms with E-state index in [0.717, 1.165) is 12.8 Å². The number of ether oxygens (including phenoxy) is 2. The Hall–Kier alpha value is -2.96. The molecule has 1 fully saturated rings. The lowest BCUT2D eigenvalue weighted by molar-refractivity contribution is -0.115. The first kappa shape index (κ1) is 17.8. The monoisotopic (exact) mass is 358 g/mol. The number of carbonyl (C=O) groups is 2. The summed E-state index contributed by atoms with van der Waals surface area (Å²) in [5.41, 5.74) is 0.954. The van der Waals surface area contributed by atoms with Crippen molar-refractivity contribution < 1.29 is 23.5 Å². The molecule has 2 amide bonds. The molecule has 0 bridgehead atoms. The molecule has 1 aliphatic carbocycles. The van der Waals surface area contributed by atoms with Gasteiger partial charge >= 0.3 is 0 Å². The van der Waals surface area contributed by atoms with Crippen molar-refractivity contribution in [2.45, 2.75) is 31.8 Å². The molecule has 0 unspecified atom stereocenters. The van der Waals surface area contributed by atoms with E-state index in [0.29, 0.717) is 22.7 Å². The Kier molecular flexibility index (Phi) is 5.78. The lowest BCUT2D eigenvalue weighted by Crippen LogP contribution is -2.32. The van der Waals surface area contributed by atoms with Crippen molar-refractivity contribution in [2.75, 3.05) is 19.0 Å². The number of benzene rings is 1. The number of anilines is 1. The van der Waals surface area contributed by atoms with Crippen LogP contribution in [0.2, 0.25) is 0 Å². The van der Waals surface area contributed by atoms with E-state index < -0.39 is 0 Å². The number of amides is 2. The molecule has 2 N–H and O–H groups in total. The molecule has 0 atom stereocenters. The van der Waals surface area contributed by atoms with Crippen LogP contribution in [-0.2, 0) is 4.79 Å². The summed E-state index contributed by atoms with van der Waals surface area (Å²) in [6, 6.07) is 6.76. The topological polar surface area (TPSA) is 89.8 Å². The van der Waals surface area contributed by atoms with E-state index in [1.54, 1.807) is 25.3 Å². The van der Waals surface area contributed by atoms with E-state index in [-0.39, 0.29) is 24.5 Å². The highest BCUT2D eigenvalue weighted by atomic mass is 16.5. The first-order chi connectivity index (χ1) is 12.7. The summed E-state index contributed by atoms with van der Waals surface area (Å²) in [5.74, 6) is 0.538. The number of hydrogen-bond acceptors (Lipinski definition) is 5. The van der Waals surface area contributed by atoms with Crippen LogP contribution in [0.4, 0.5) is 5.69 Å². The van der Waals surface area contributed by atoms with Crippen molar-refractivity contribution in [3.8, 4) is 11.5 Å². The van der Waals surface area contributed by atoms with Gasteiger partial charge in [-0.15, -0.1) is 0 Å². The first-order valence-corrected chi connectivity index (χ1v) is 8.60. The van der Waals surface area contributed by atoms with Crippen molar-refractivity contribution in [3.05, 3.63) is 42.4 Å². The molecular formula is C19H22N2O5. The summed E-state index contributed by atoms with van der Waals surface area (Å²) in [7, 11) is 1.58. The highest BCUT2D eigenvalue weighted by molar-refractivity contribution is 5.99. The molecule has 0 radical (unpaired) electrons. The van der Waals surface area contributed by atoms with Crippen molar-refractivity contribution in [3.63, 3.8) is 0 Å². The largest absolute Gasteiger partial charge is 0.493 e. The highest BCUT2D eigenvalue weighted by Gasteiger charge is 2.19. The SMILES string of the molecule is COc1ccc(NC(=O)CNC(=O)c2ccoc2)cc1OC1CCCC1. The Bertz CT molecular complexity index is 751. The molecule has 1 aromatic heterocycles. The molecule has 1 aromatic carbocycles. The maximum absolute atomic E-state index is 12.1. The van der Waals surface area contributed by atoms with Crippen molar-refractivity contribution >= 4 is 17.5 Å². The predicted octanol–water partition coefficient (Wildman–Crippen LogP) is 2.98. The Morgan fingerprint density at radius 2 is 2.00 bits per heavy atom. The van der Waals surface area contributed by atoms with Gasteiger partial charge in [0.05, 0.1) is 31.6 Å². The van der Waals surface area contributed by atoms with Crippen LogP contribution < -0.4 is 20.1 Å². The minimum Gasteiger partial charge on any atom is -0.493 e. The van der Waals surface area contributed by atoms with Crippen molar-refractivity contribution in [1.29, 1.82) is 0 Å². The van der Waals surface area contributed by atoms with Gasteiger partial charge in [0.2, 0.25) is 5.91 Å². The summed E-state index contributed by atoms with van der Waals surface area (Å²) in [6.45, 7) is -0.144. The van der Waals surface area contributed by atoms with Gasteiger partial charge in [-0.3, -0.25) is 9.59 Å². The molecule has 26 heavy (non-hydrogen) atoms. The summed E-state index contributed by atoms with van der Waals surface area (Å²) in [5, 5.41) is 5.28. The summed E-state index contributed by atoms with van der Waals surface area (Å²) in [4.78, 5) is 23.9. The number of carbonyl (C=O) groups excluding carboxylic acids is 2. The van der Waals surface area contributed by atoms with Gasteiger partial charge in [-0.1, -0.05) is 0 Å². The van der Waals surface area contributed by atoms with Crippen LogP contribution in [0, 0.1) is 0 Å². The van der Waals surface area contributed by atoms with E-state index in [9.17, 15) is 9.59 Å². The van der Waals surface area contributed by atoms with E-state index in [2.05, 4.69) is 10.6 Å². The Labute approximate surface area is 151 Å². The van der Waals surface area contributed by atoms with Gasteiger partial charge in [0, 0.05) is 11.8 Å². The lowest BCUT2D eigenvalue weighted by atomic mass is 10.2. The second-order valence-corrected chi connectivity index (χ2v) is 6.13. The third kappa shape index (κ3) is 4.56. The Morgan fingerprint density at radius 3 is 2.69 bits per heavy atom. The van der Waals surface area contributed by atoms with Gasteiger partial charge < -0.3 is 24.5 Å². The summed E-state index contributed by atoms with van der Waals surface area (Å²) in [6.07, 6.45) is 7.30. The standard InChI is InChI=1S/C19H22N2O5/c1-24-16-7-6-14(10-17(16)26-15-4-2-3-5-15)21-18(22)11-20-19(23)13-8-9-25-12-13/h6-10,12,15H,2-5,11H2,1H3,(H,20,23)(H,21,22). The minimum atomic E-state index is -0.367. The van der Waals surface area contributed by atoms with Crippen LogP contribution in [0.1, 0.15) is 36.0 Å². The van der Waals surface area contributed by atoms with E-state index in [1.165, 1.54) is 31.4 Å².